The Hall–Kier alpha value is -6.35. The van der Waals surface area contributed by atoms with Crippen LogP contribution < -0.4 is 31.2 Å². The molecule has 0 aliphatic rings. The van der Waals surface area contributed by atoms with Gasteiger partial charge in [0.05, 0.1) is 50.7 Å². The van der Waals surface area contributed by atoms with E-state index in [1.165, 1.54) is 5.56 Å². The number of rotatable bonds is 8. The van der Waals surface area contributed by atoms with Crippen molar-refractivity contribution in [1.82, 2.24) is 4.98 Å². The first-order valence-corrected chi connectivity index (χ1v) is 20.1. The van der Waals surface area contributed by atoms with Gasteiger partial charge in [0.15, 0.2) is 18.8 Å². The molecule has 0 spiro atoms. The molecule has 0 bridgehead atoms. The second-order valence-electron chi connectivity index (χ2n) is 15.5. The van der Waals surface area contributed by atoms with Crippen LogP contribution in [0.2, 0.25) is 0 Å². The van der Waals surface area contributed by atoms with Gasteiger partial charge in [-0.3, -0.25) is 0 Å². The lowest BCUT2D eigenvalue weighted by molar-refractivity contribution is -0.689. The van der Waals surface area contributed by atoms with Gasteiger partial charge in [-0.25, -0.2) is 4.98 Å². The number of ether oxygens (including phenoxy) is 1. The number of nitrogens with zero attached hydrogens (tertiary/aromatic N) is 2. The van der Waals surface area contributed by atoms with Crippen LogP contribution in [-0.2, 0) is 56.0 Å². The van der Waals surface area contributed by atoms with Crippen LogP contribution in [0.1, 0.15) is 50.1 Å². The largest absolute Gasteiger partial charge is 0.457 e. The number of hydrogen-bond donors (Lipinski definition) is 0. The van der Waals surface area contributed by atoms with Crippen molar-refractivity contribution in [1.29, 1.82) is 0 Å². The van der Waals surface area contributed by atoms with Gasteiger partial charge in [-0.05, 0) is 24.3 Å². The van der Waals surface area contributed by atoms with E-state index in [1.54, 1.807) is 6.20 Å². The van der Waals surface area contributed by atoms with Crippen LogP contribution in [0.5, 0.6) is 5.88 Å². The van der Waals surface area contributed by atoms with E-state index in [1.807, 2.05) is 35.2 Å². The van der Waals surface area contributed by atoms with E-state index in [9.17, 15) is 105 Å². The Morgan fingerprint density at radius 2 is 0.658 bits per heavy atom. The summed E-state index contributed by atoms with van der Waals surface area (Å²) in [6, 6.07) is 1.51. The van der Waals surface area contributed by atoms with Crippen molar-refractivity contribution in [2.24, 2.45) is 0 Å². The monoisotopic (exact) mass is 1100 g/mol. The zero-order valence-corrected chi connectivity index (χ0v) is 36.0. The van der Waals surface area contributed by atoms with Gasteiger partial charge in [-0.15, -0.1) is 0 Å². The fraction of sp³-hybridized carbons (Fsp3) is 0.227. The Balaban J connectivity index is 0.000000520. The lowest BCUT2D eigenvalue weighted by Crippen LogP contribution is -2.75. The molecule has 1 heterocycles. The number of alkyl halides is 25. The maximum Gasteiger partial charge on any atom is 0.416 e. The molecule has 6 rings (SSSR count). The molecule has 5 aromatic carbocycles. The molecule has 0 saturated carbocycles. The molecule has 3 nitrogen and oxygen atoms in total. The van der Waals surface area contributed by atoms with Crippen molar-refractivity contribution in [3.8, 4) is 5.88 Å². The second kappa shape index (κ2) is 20.2. The van der Waals surface area contributed by atoms with E-state index >= 15 is 0 Å². The molecule has 394 valence electrons. The molecule has 0 fully saturated rings. The first kappa shape index (κ1) is 57.6. The molecule has 0 aliphatic heterocycles. The van der Waals surface area contributed by atoms with Crippen LogP contribution >= 0.6 is 11.6 Å². The van der Waals surface area contributed by atoms with Gasteiger partial charge in [-0.1, -0.05) is 90.5 Å². The summed E-state index contributed by atoms with van der Waals surface area (Å²) in [7, 11) is 0. The Bertz CT molecular complexity index is 2460. The van der Waals surface area contributed by atoms with Gasteiger partial charge in [0.2, 0.25) is 6.20 Å². The standard InChI is InChI=1S/C32H12BF24.C12H12ClN2O/c34-25(35,36)13-1-14(26(37,38)39)6-21(5-13)33(22-7-15(27(40,41)42)2-16(8-22)28(43,44)45,23-9-17(29(46,47)48)3-18(10-23)30(49,50)51)24-11-19(31(52,53)54)4-20(12-24)32(55,56)57;13-10-16-12-9-15(7-6-14-12)8-11-4-2-1-3-5-11/h1-12H;1-7,9H,8,10H2/q-1;+1. The maximum absolute atomic E-state index is 14.2. The Labute approximate surface area is 398 Å². The predicted molar refractivity (Wildman–Crippen MR) is 211 cm³/mol. The van der Waals surface area contributed by atoms with E-state index in [-0.39, 0.29) is 6.07 Å². The molecule has 1 aromatic heterocycles. The summed E-state index contributed by atoms with van der Waals surface area (Å²) in [6.45, 7) is 0.794. The van der Waals surface area contributed by atoms with E-state index in [4.69, 9.17) is 16.3 Å². The summed E-state index contributed by atoms with van der Waals surface area (Å²) in [5.74, 6) is 0.536. The SMILES string of the molecule is ClCOc1c[n+](Cc2ccccc2)ccn1.FC(F)(F)c1cc([B-](c2cc(C(F)(F)F)cc(C(F)(F)F)c2)(c2cc(C(F)(F)F)cc(C(F)(F)F)c2)c2cc(C(F)(F)F)cc(C(F)(F)F)c2)cc(C(F)(F)F)c1. The zero-order valence-electron chi connectivity index (χ0n) is 35.3. The number of benzene rings is 5. The summed E-state index contributed by atoms with van der Waals surface area (Å²) in [6.07, 6.45) is -49.4. The fourth-order valence-electron chi connectivity index (χ4n) is 7.50. The highest BCUT2D eigenvalue weighted by atomic mass is 35.5. The molecule has 0 radical (unpaired) electrons. The first-order valence-electron chi connectivity index (χ1n) is 19.6. The zero-order chi connectivity index (χ0) is 55.1. The number of halogens is 25. The van der Waals surface area contributed by atoms with Gasteiger partial charge in [0, 0.05) is 5.56 Å². The highest BCUT2D eigenvalue weighted by Crippen LogP contribution is 2.41. The van der Waals surface area contributed by atoms with E-state index in [2.05, 4.69) is 17.1 Å². The lowest BCUT2D eigenvalue weighted by Gasteiger charge is -2.46. The highest BCUT2D eigenvalue weighted by Gasteiger charge is 2.47. The van der Waals surface area contributed by atoms with Crippen LogP contribution in [-0.4, -0.2) is 17.2 Å². The number of hydrogen-bond acceptors (Lipinski definition) is 2. The van der Waals surface area contributed by atoms with E-state index in [0.717, 1.165) is 6.54 Å². The smallest absolute Gasteiger partial charge is 0.416 e. The van der Waals surface area contributed by atoms with Crippen molar-refractivity contribution in [3.63, 3.8) is 0 Å². The third-order valence-corrected chi connectivity index (χ3v) is 10.7. The first-order chi connectivity index (χ1) is 33.1. The van der Waals surface area contributed by atoms with Crippen molar-refractivity contribution in [3.05, 3.63) is 172 Å². The average molecular weight is 1100 g/mol. The highest BCUT2D eigenvalue weighted by molar-refractivity contribution is 7.20. The Morgan fingerprint density at radius 3 is 0.890 bits per heavy atom. The third-order valence-electron chi connectivity index (χ3n) is 10.6. The number of aromatic nitrogens is 2. The quantitative estimate of drug-likeness (QED) is 0.0657. The molecule has 0 atom stereocenters. The van der Waals surface area contributed by atoms with Gasteiger partial charge in [-0.2, -0.15) is 132 Å². The van der Waals surface area contributed by atoms with Crippen molar-refractivity contribution in [2.75, 3.05) is 6.07 Å². The van der Waals surface area contributed by atoms with Crippen LogP contribution in [0.25, 0.3) is 0 Å². The molecule has 0 unspecified atom stereocenters. The van der Waals surface area contributed by atoms with Gasteiger partial charge < -0.3 is 4.74 Å². The summed E-state index contributed by atoms with van der Waals surface area (Å²) >= 11 is 5.48. The molecule has 73 heavy (non-hydrogen) atoms. The molecular weight excluding hydrogens is 1070 g/mol. The molecule has 6 aromatic rings. The summed E-state index contributed by atoms with van der Waals surface area (Å²) in [5, 5.41) is 0. The summed E-state index contributed by atoms with van der Waals surface area (Å²) < 4.78 is 348. The molecular formula is C44H24BClF24N2O. The van der Waals surface area contributed by atoms with Crippen LogP contribution in [0.3, 0.4) is 0 Å². The second-order valence-corrected chi connectivity index (χ2v) is 15.7. The van der Waals surface area contributed by atoms with Gasteiger partial charge >= 0.3 is 49.4 Å². The van der Waals surface area contributed by atoms with Crippen LogP contribution in [0.15, 0.2) is 122 Å². The Morgan fingerprint density at radius 1 is 0.397 bits per heavy atom. The molecule has 0 aliphatic carbocycles. The minimum Gasteiger partial charge on any atom is -0.457 e. The topological polar surface area (TPSA) is 26.0 Å². The molecule has 0 amide bonds. The summed E-state index contributed by atoms with van der Waals surface area (Å²) in [4.78, 5) is 4.04. The minimum absolute atomic E-state index is 0.113. The lowest BCUT2D eigenvalue weighted by atomic mass is 9.12. The fourth-order valence-corrected chi connectivity index (χ4v) is 7.62. The molecule has 0 N–H and O–H groups in total. The van der Waals surface area contributed by atoms with Crippen LogP contribution in [0, 0.1) is 0 Å². The maximum atomic E-state index is 14.2. The van der Waals surface area contributed by atoms with Crippen LogP contribution in [0.4, 0.5) is 105 Å². The predicted octanol–water partition coefficient (Wildman–Crippen LogP) is 13.2. The average Bonchev–Trinajstić information content (AvgIpc) is 3.25. The normalized spacial score (nSPS) is 13.4. The van der Waals surface area contributed by atoms with Crippen molar-refractivity contribution in [2.45, 2.75) is 56.0 Å². The van der Waals surface area contributed by atoms with Gasteiger partial charge in [0.1, 0.15) is 6.15 Å². The van der Waals surface area contributed by atoms with E-state index < -0.39 is 195 Å². The molecule has 29 heteroatoms. The van der Waals surface area contributed by atoms with Crippen molar-refractivity contribution < 1.29 is 115 Å². The Kier molecular flexibility index (Phi) is 15.9. The summed E-state index contributed by atoms with van der Waals surface area (Å²) in [5.41, 5.74) is -29.0. The van der Waals surface area contributed by atoms with Crippen molar-refractivity contribution >= 4 is 39.6 Å². The van der Waals surface area contributed by atoms with Gasteiger partial charge in [0.25, 0.3) is 5.88 Å². The third kappa shape index (κ3) is 13.8. The molecule has 0 saturated heterocycles. The van der Waals surface area contributed by atoms with E-state index in [0.29, 0.717) is 5.88 Å². The minimum atomic E-state index is -6.13.